The summed E-state index contributed by atoms with van der Waals surface area (Å²) in [5.41, 5.74) is 2.09. The van der Waals surface area contributed by atoms with Crippen molar-refractivity contribution < 1.29 is 4.79 Å². The van der Waals surface area contributed by atoms with Crippen LogP contribution in [0.4, 0.5) is 16.2 Å². The molecular formula is C21H34N4O. The van der Waals surface area contributed by atoms with Crippen molar-refractivity contribution in [2.75, 3.05) is 50.0 Å². The summed E-state index contributed by atoms with van der Waals surface area (Å²) in [6, 6.07) is 8.68. The highest BCUT2D eigenvalue weighted by molar-refractivity contribution is 5.93. The Bertz CT molecular complexity index is 595. The fourth-order valence-electron chi connectivity index (χ4n) is 4.15. The third-order valence-corrected chi connectivity index (χ3v) is 5.62. The normalized spacial score (nSPS) is 21.9. The Hall–Kier alpha value is -1.75. The van der Waals surface area contributed by atoms with Crippen molar-refractivity contribution >= 4 is 17.4 Å². The number of hydrogen-bond donors (Lipinski definition) is 1. The fourth-order valence-corrected chi connectivity index (χ4v) is 4.15. The van der Waals surface area contributed by atoms with Gasteiger partial charge >= 0.3 is 6.03 Å². The van der Waals surface area contributed by atoms with Crippen LogP contribution in [0.15, 0.2) is 24.3 Å². The summed E-state index contributed by atoms with van der Waals surface area (Å²) in [7, 11) is 2.16. The Morgan fingerprint density at radius 1 is 1.12 bits per heavy atom. The van der Waals surface area contributed by atoms with Gasteiger partial charge in [0.1, 0.15) is 0 Å². The van der Waals surface area contributed by atoms with Crippen molar-refractivity contribution in [3.63, 3.8) is 0 Å². The van der Waals surface area contributed by atoms with Crippen LogP contribution in [0.3, 0.4) is 0 Å². The fraction of sp³-hybridized carbons (Fsp3) is 0.667. The number of benzene rings is 1. The summed E-state index contributed by atoms with van der Waals surface area (Å²) in [6.45, 7) is 9.49. The summed E-state index contributed by atoms with van der Waals surface area (Å²) >= 11 is 0. The van der Waals surface area contributed by atoms with Gasteiger partial charge in [0, 0.05) is 38.8 Å². The Morgan fingerprint density at radius 3 is 2.58 bits per heavy atom. The third kappa shape index (κ3) is 4.70. The molecular weight excluding hydrogens is 324 g/mol. The lowest BCUT2D eigenvalue weighted by Crippen LogP contribution is -2.47. The van der Waals surface area contributed by atoms with E-state index in [-0.39, 0.29) is 6.03 Å². The van der Waals surface area contributed by atoms with Crippen LogP contribution in [0.25, 0.3) is 0 Å². The number of likely N-dealkylation sites (tertiary alicyclic amines) is 1. The van der Waals surface area contributed by atoms with Gasteiger partial charge in [0.05, 0.1) is 11.4 Å². The first-order valence-corrected chi connectivity index (χ1v) is 10.1. The molecule has 26 heavy (non-hydrogen) atoms. The van der Waals surface area contributed by atoms with Crippen LogP contribution in [0.5, 0.6) is 0 Å². The maximum absolute atomic E-state index is 13.0. The zero-order valence-electron chi connectivity index (χ0n) is 16.6. The molecule has 0 aliphatic carbocycles. The zero-order chi connectivity index (χ0) is 18.5. The number of nitrogens with zero attached hydrogens (tertiary/aromatic N) is 3. The zero-order valence-corrected chi connectivity index (χ0v) is 16.6. The maximum Gasteiger partial charge on any atom is 0.322 e. The molecule has 0 saturated carbocycles. The number of hydrogen-bond acceptors (Lipinski definition) is 3. The number of nitrogens with one attached hydrogen (secondary N) is 1. The largest absolute Gasteiger partial charge is 0.367 e. The van der Waals surface area contributed by atoms with E-state index in [1.807, 2.05) is 12.1 Å². The molecule has 2 amide bonds. The van der Waals surface area contributed by atoms with E-state index in [1.54, 1.807) is 0 Å². The van der Waals surface area contributed by atoms with Crippen LogP contribution in [-0.4, -0.2) is 61.6 Å². The molecule has 2 fully saturated rings. The van der Waals surface area contributed by atoms with Gasteiger partial charge in [-0.3, -0.25) is 0 Å². The summed E-state index contributed by atoms with van der Waals surface area (Å²) in [4.78, 5) is 19.8. The second-order valence-electron chi connectivity index (χ2n) is 8.21. The van der Waals surface area contributed by atoms with Crippen LogP contribution >= 0.6 is 0 Å². The van der Waals surface area contributed by atoms with Crippen molar-refractivity contribution in [1.29, 1.82) is 0 Å². The molecule has 1 N–H and O–H groups in total. The SMILES string of the molecule is CC(C)C[C@H]1CCCCN1C(=O)Nc1ccccc1N1CCN(C)CC1. The van der Waals surface area contributed by atoms with Crippen molar-refractivity contribution in [1.82, 2.24) is 9.80 Å². The molecule has 0 spiro atoms. The van der Waals surface area contributed by atoms with E-state index >= 15 is 0 Å². The van der Waals surface area contributed by atoms with Gasteiger partial charge in [-0.25, -0.2) is 4.79 Å². The third-order valence-electron chi connectivity index (χ3n) is 5.62. The van der Waals surface area contributed by atoms with Gasteiger partial charge in [-0.2, -0.15) is 0 Å². The summed E-state index contributed by atoms with van der Waals surface area (Å²) < 4.78 is 0. The van der Waals surface area contributed by atoms with Gasteiger partial charge < -0.3 is 20.0 Å². The molecule has 1 atom stereocenters. The number of rotatable bonds is 4. The van der Waals surface area contributed by atoms with Gasteiger partial charge in [0.25, 0.3) is 0 Å². The first kappa shape index (κ1) is 19.0. The van der Waals surface area contributed by atoms with Crippen molar-refractivity contribution in [3.05, 3.63) is 24.3 Å². The molecule has 0 aromatic heterocycles. The smallest absolute Gasteiger partial charge is 0.322 e. The first-order valence-electron chi connectivity index (χ1n) is 10.1. The molecule has 3 rings (SSSR count). The molecule has 0 radical (unpaired) electrons. The molecule has 0 unspecified atom stereocenters. The minimum Gasteiger partial charge on any atom is -0.367 e. The number of likely N-dealkylation sites (N-methyl/N-ethyl adjacent to an activating group) is 1. The van der Waals surface area contributed by atoms with Gasteiger partial charge in [0.2, 0.25) is 0 Å². The van der Waals surface area contributed by atoms with E-state index in [2.05, 4.69) is 53.0 Å². The van der Waals surface area contributed by atoms with Gasteiger partial charge in [-0.05, 0) is 50.8 Å². The van der Waals surface area contributed by atoms with E-state index < -0.39 is 0 Å². The quantitative estimate of drug-likeness (QED) is 0.888. The molecule has 0 bridgehead atoms. The standard InChI is InChI=1S/C21H34N4O/c1-17(2)16-18-8-6-7-11-25(18)21(26)22-19-9-4-5-10-20(19)24-14-12-23(3)13-15-24/h4-5,9-10,17-18H,6-8,11-16H2,1-3H3,(H,22,26)/t18-/m1/s1. The van der Waals surface area contributed by atoms with Crippen molar-refractivity contribution in [2.45, 2.75) is 45.6 Å². The molecule has 144 valence electrons. The molecule has 1 aromatic rings. The van der Waals surface area contributed by atoms with Crippen LogP contribution in [0.2, 0.25) is 0 Å². The maximum atomic E-state index is 13.0. The molecule has 5 nitrogen and oxygen atoms in total. The molecule has 2 aliphatic rings. The van der Waals surface area contributed by atoms with Gasteiger partial charge in [-0.1, -0.05) is 26.0 Å². The van der Waals surface area contributed by atoms with Crippen LogP contribution < -0.4 is 10.2 Å². The van der Waals surface area contributed by atoms with E-state index in [9.17, 15) is 4.79 Å². The predicted octanol–water partition coefficient (Wildman–Crippen LogP) is 3.87. The highest BCUT2D eigenvalue weighted by Crippen LogP contribution is 2.28. The lowest BCUT2D eigenvalue weighted by molar-refractivity contribution is 0.150. The lowest BCUT2D eigenvalue weighted by Gasteiger charge is -2.38. The average Bonchev–Trinajstić information content (AvgIpc) is 2.63. The Morgan fingerprint density at radius 2 is 1.85 bits per heavy atom. The number of anilines is 2. The Kier molecular flexibility index (Phi) is 6.41. The Labute approximate surface area is 158 Å². The summed E-state index contributed by atoms with van der Waals surface area (Å²) in [5, 5.41) is 3.22. The van der Waals surface area contributed by atoms with Crippen molar-refractivity contribution in [2.24, 2.45) is 5.92 Å². The average molecular weight is 359 g/mol. The van der Waals surface area contributed by atoms with E-state index in [1.165, 1.54) is 6.42 Å². The predicted molar refractivity (Wildman–Crippen MR) is 109 cm³/mol. The number of piperidine rings is 1. The molecule has 2 saturated heterocycles. The second-order valence-corrected chi connectivity index (χ2v) is 8.21. The highest BCUT2D eigenvalue weighted by atomic mass is 16.2. The van der Waals surface area contributed by atoms with E-state index in [0.717, 1.165) is 63.4 Å². The monoisotopic (exact) mass is 358 g/mol. The number of para-hydroxylation sites is 2. The molecule has 5 heteroatoms. The second kappa shape index (κ2) is 8.76. The minimum absolute atomic E-state index is 0.0666. The number of urea groups is 1. The Balaban J connectivity index is 1.70. The summed E-state index contributed by atoms with van der Waals surface area (Å²) in [6.07, 6.45) is 4.57. The van der Waals surface area contributed by atoms with Crippen molar-refractivity contribution in [3.8, 4) is 0 Å². The van der Waals surface area contributed by atoms with E-state index in [4.69, 9.17) is 0 Å². The van der Waals surface area contributed by atoms with Gasteiger partial charge in [-0.15, -0.1) is 0 Å². The lowest BCUT2D eigenvalue weighted by atomic mass is 9.94. The molecule has 2 heterocycles. The summed E-state index contributed by atoms with van der Waals surface area (Å²) in [5.74, 6) is 0.617. The minimum atomic E-state index is 0.0666. The van der Waals surface area contributed by atoms with Crippen LogP contribution in [-0.2, 0) is 0 Å². The number of carbonyl (C=O) groups excluding carboxylic acids is 1. The number of piperazine rings is 1. The topological polar surface area (TPSA) is 38.8 Å². The first-order chi connectivity index (χ1) is 12.5. The number of carbonyl (C=O) groups is 1. The van der Waals surface area contributed by atoms with Gasteiger partial charge in [0.15, 0.2) is 0 Å². The molecule has 1 aromatic carbocycles. The molecule has 2 aliphatic heterocycles. The van der Waals surface area contributed by atoms with Crippen LogP contribution in [0.1, 0.15) is 39.5 Å². The van der Waals surface area contributed by atoms with E-state index in [0.29, 0.717) is 12.0 Å². The highest BCUT2D eigenvalue weighted by Gasteiger charge is 2.28. The van der Waals surface area contributed by atoms with Crippen LogP contribution in [0, 0.1) is 5.92 Å². The number of amides is 2.